The van der Waals surface area contributed by atoms with E-state index >= 15 is 0 Å². The van der Waals surface area contributed by atoms with E-state index in [9.17, 15) is 17.6 Å². The summed E-state index contributed by atoms with van der Waals surface area (Å²) in [5.74, 6) is -1.42. The van der Waals surface area contributed by atoms with Crippen LogP contribution in [0.1, 0.15) is 26.3 Å². The van der Waals surface area contributed by atoms with Gasteiger partial charge in [-0.15, -0.1) is 0 Å². The molecule has 42 heavy (non-hydrogen) atoms. The standard InChI is InChI=1S/C30H27Cl2FN4O4S/c1-30(2,3)41-29(38)36-28(37-42(39,40)26-7-5-4-6-25(26)33)35-18-19-16-24(20-8-12-22(31)13-9-20)27(34-17-19)21-10-14-23(32)15-11-21/h4-17H,18H2,1-3H3,(H2,35,36,37,38). The highest BCUT2D eigenvalue weighted by molar-refractivity contribution is 7.90. The van der Waals surface area contributed by atoms with Crippen molar-refractivity contribution in [2.24, 2.45) is 4.99 Å². The van der Waals surface area contributed by atoms with E-state index in [0.717, 1.165) is 28.8 Å². The molecule has 218 valence electrons. The molecule has 0 atom stereocenters. The highest BCUT2D eigenvalue weighted by atomic mass is 35.5. The zero-order chi connectivity index (χ0) is 30.5. The molecular formula is C30H27Cl2FN4O4S. The Kier molecular flexibility index (Phi) is 9.50. The fourth-order valence-electron chi connectivity index (χ4n) is 3.79. The van der Waals surface area contributed by atoms with E-state index in [1.165, 1.54) is 12.1 Å². The molecular weight excluding hydrogens is 602 g/mol. The number of guanidine groups is 1. The number of hydrogen-bond acceptors (Lipinski definition) is 6. The number of alkyl carbamates (subject to hydrolysis) is 1. The summed E-state index contributed by atoms with van der Waals surface area (Å²) >= 11 is 12.2. The largest absolute Gasteiger partial charge is 0.444 e. The Labute approximate surface area is 253 Å². The second-order valence-corrected chi connectivity index (χ2v) is 12.6. The summed E-state index contributed by atoms with van der Waals surface area (Å²) in [4.78, 5) is 20.8. The quantitative estimate of drug-likeness (QED) is 0.173. The van der Waals surface area contributed by atoms with Gasteiger partial charge in [-0.05, 0) is 74.4 Å². The maximum absolute atomic E-state index is 14.3. The second kappa shape index (κ2) is 12.9. The highest BCUT2D eigenvalue weighted by Gasteiger charge is 2.23. The van der Waals surface area contributed by atoms with E-state index in [2.05, 4.69) is 20.0 Å². The molecule has 0 aliphatic rings. The lowest BCUT2D eigenvalue weighted by atomic mass is 9.98. The molecule has 2 N–H and O–H groups in total. The number of rotatable bonds is 6. The fourth-order valence-corrected chi connectivity index (χ4v) is 5.11. The minimum Gasteiger partial charge on any atom is -0.444 e. The minimum absolute atomic E-state index is 0.0978. The van der Waals surface area contributed by atoms with Gasteiger partial charge in [-0.2, -0.15) is 0 Å². The summed E-state index contributed by atoms with van der Waals surface area (Å²) in [6, 6.07) is 21.1. The van der Waals surface area contributed by atoms with Crippen molar-refractivity contribution < 1.29 is 22.3 Å². The van der Waals surface area contributed by atoms with E-state index in [0.29, 0.717) is 21.3 Å². The van der Waals surface area contributed by atoms with Crippen LogP contribution in [-0.2, 0) is 21.3 Å². The van der Waals surface area contributed by atoms with Crippen LogP contribution in [-0.4, -0.2) is 31.1 Å². The number of ether oxygens (including phenoxy) is 1. The average molecular weight is 630 g/mol. The molecule has 12 heteroatoms. The first-order valence-electron chi connectivity index (χ1n) is 12.6. The molecule has 8 nitrogen and oxygen atoms in total. The van der Waals surface area contributed by atoms with Gasteiger partial charge in [0.15, 0.2) is 0 Å². The Morgan fingerprint density at radius 2 is 1.55 bits per heavy atom. The normalized spacial score (nSPS) is 12.1. The lowest BCUT2D eigenvalue weighted by Gasteiger charge is -2.20. The smallest absolute Gasteiger partial charge is 0.414 e. The number of pyridine rings is 1. The lowest BCUT2D eigenvalue weighted by molar-refractivity contribution is 0.0562. The van der Waals surface area contributed by atoms with E-state index in [1.807, 2.05) is 30.3 Å². The lowest BCUT2D eigenvalue weighted by Crippen LogP contribution is -2.45. The molecule has 4 aromatic rings. The van der Waals surface area contributed by atoms with Gasteiger partial charge in [-0.3, -0.25) is 10.3 Å². The Hall–Kier alpha value is -3.99. The SMILES string of the molecule is CC(C)(C)OC(=O)NC(=NCc1cnc(-c2ccc(Cl)cc2)c(-c2ccc(Cl)cc2)c1)NS(=O)(=O)c1ccccc1F. The third-order valence-corrected chi connectivity index (χ3v) is 7.49. The van der Waals surface area contributed by atoms with Crippen LogP contribution in [0.3, 0.4) is 0 Å². The van der Waals surface area contributed by atoms with Crippen molar-refractivity contribution in [2.45, 2.75) is 37.8 Å². The van der Waals surface area contributed by atoms with Crippen molar-refractivity contribution in [1.29, 1.82) is 0 Å². The number of nitrogens with zero attached hydrogens (tertiary/aromatic N) is 2. The first-order valence-corrected chi connectivity index (χ1v) is 14.9. The van der Waals surface area contributed by atoms with Crippen LogP contribution in [0.2, 0.25) is 10.0 Å². The maximum atomic E-state index is 14.3. The number of carbonyl (C=O) groups is 1. The van der Waals surface area contributed by atoms with Crippen LogP contribution in [0.5, 0.6) is 0 Å². The van der Waals surface area contributed by atoms with Gasteiger partial charge in [0, 0.05) is 27.4 Å². The molecule has 1 aromatic heterocycles. The molecule has 0 fully saturated rings. The predicted octanol–water partition coefficient (Wildman–Crippen LogP) is 7.22. The van der Waals surface area contributed by atoms with Gasteiger partial charge in [0.25, 0.3) is 10.0 Å². The van der Waals surface area contributed by atoms with E-state index in [1.54, 1.807) is 51.2 Å². The molecule has 0 bridgehead atoms. The summed E-state index contributed by atoms with van der Waals surface area (Å²) in [5.41, 5.74) is 2.81. The summed E-state index contributed by atoms with van der Waals surface area (Å²) in [5, 5.41) is 3.47. The third-order valence-electron chi connectivity index (χ3n) is 5.61. The average Bonchev–Trinajstić information content (AvgIpc) is 2.91. The zero-order valence-electron chi connectivity index (χ0n) is 22.9. The molecule has 0 spiro atoms. The first kappa shape index (κ1) is 31.0. The number of aromatic nitrogens is 1. The Morgan fingerprint density at radius 1 is 0.952 bits per heavy atom. The Morgan fingerprint density at radius 3 is 2.14 bits per heavy atom. The predicted molar refractivity (Wildman–Crippen MR) is 162 cm³/mol. The minimum atomic E-state index is -4.45. The molecule has 1 heterocycles. The second-order valence-electron chi connectivity index (χ2n) is 10.1. The van der Waals surface area contributed by atoms with Gasteiger partial charge in [0.1, 0.15) is 16.3 Å². The van der Waals surface area contributed by atoms with Gasteiger partial charge in [0.2, 0.25) is 5.96 Å². The summed E-state index contributed by atoms with van der Waals surface area (Å²) in [6.45, 7) is 4.86. The molecule has 0 aliphatic carbocycles. The van der Waals surface area contributed by atoms with Crippen molar-refractivity contribution in [2.75, 3.05) is 0 Å². The van der Waals surface area contributed by atoms with E-state index in [4.69, 9.17) is 27.9 Å². The topological polar surface area (TPSA) is 110 Å². The fraction of sp³-hybridized carbons (Fsp3) is 0.167. The Balaban J connectivity index is 1.71. The number of sulfonamides is 1. The summed E-state index contributed by atoms with van der Waals surface area (Å²) in [7, 11) is -4.45. The van der Waals surface area contributed by atoms with Crippen molar-refractivity contribution in [3.05, 3.63) is 106 Å². The van der Waals surface area contributed by atoms with Gasteiger partial charge in [-0.1, -0.05) is 59.6 Å². The monoisotopic (exact) mass is 628 g/mol. The zero-order valence-corrected chi connectivity index (χ0v) is 25.2. The van der Waals surface area contributed by atoms with Gasteiger partial charge < -0.3 is 4.74 Å². The van der Waals surface area contributed by atoms with Crippen LogP contribution >= 0.6 is 23.2 Å². The molecule has 0 radical (unpaired) electrons. The molecule has 0 saturated heterocycles. The van der Waals surface area contributed by atoms with Gasteiger partial charge in [0.05, 0.1) is 12.2 Å². The number of halogens is 3. The molecule has 0 aliphatic heterocycles. The molecule has 3 aromatic carbocycles. The number of carbonyl (C=O) groups excluding carboxylic acids is 1. The van der Waals surface area contributed by atoms with Crippen molar-refractivity contribution in [3.63, 3.8) is 0 Å². The first-order chi connectivity index (χ1) is 19.8. The van der Waals surface area contributed by atoms with Crippen molar-refractivity contribution in [3.8, 4) is 22.4 Å². The number of benzene rings is 3. The van der Waals surface area contributed by atoms with Crippen molar-refractivity contribution in [1.82, 2.24) is 15.0 Å². The molecule has 0 saturated carbocycles. The van der Waals surface area contributed by atoms with Crippen LogP contribution < -0.4 is 10.0 Å². The molecule has 0 unspecified atom stereocenters. The van der Waals surface area contributed by atoms with Crippen molar-refractivity contribution >= 4 is 45.3 Å². The van der Waals surface area contributed by atoms with Crippen LogP contribution in [0.25, 0.3) is 22.4 Å². The number of aliphatic imine (C=N–C) groups is 1. The number of amides is 1. The summed E-state index contributed by atoms with van der Waals surface area (Å²) in [6.07, 6.45) is 0.638. The van der Waals surface area contributed by atoms with Crippen LogP contribution in [0, 0.1) is 5.82 Å². The molecule has 4 rings (SSSR count). The number of nitrogens with one attached hydrogen (secondary N) is 2. The van der Waals surface area contributed by atoms with E-state index < -0.39 is 38.4 Å². The van der Waals surface area contributed by atoms with Crippen LogP contribution in [0.4, 0.5) is 9.18 Å². The molecule has 1 amide bonds. The maximum Gasteiger partial charge on any atom is 0.414 e. The Bertz CT molecular complexity index is 1720. The van der Waals surface area contributed by atoms with Gasteiger partial charge >= 0.3 is 6.09 Å². The highest BCUT2D eigenvalue weighted by Crippen LogP contribution is 2.32. The summed E-state index contributed by atoms with van der Waals surface area (Å²) < 4.78 is 47.7. The van der Waals surface area contributed by atoms with Gasteiger partial charge in [-0.25, -0.2) is 27.3 Å². The van der Waals surface area contributed by atoms with E-state index in [-0.39, 0.29) is 6.54 Å². The third kappa shape index (κ3) is 8.28. The van der Waals surface area contributed by atoms with Crippen LogP contribution in [0.15, 0.2) is 94.9 Å². The number of hydrogen-bond donors (Lipinski definition) is 2.